The summed E-state index contributed by atoms with van der Waals surface area (Å²) >= 11 is 0. The molecule has 0 saturated carbocycles. The molecule has 0 bridgehead atoms. The highest BCUT2D eigenvalue weighted by Crippen LogP contribution is 2.38. The van der Waals surface area contributed by atoms with Gasteiger partial charge in [0.15, 0.2) is 11.5 Å². The standard InChI is InChI=1S/C15H22N2O5/c1-15(2,3)22-14(18)17-16-9-10-7-8-11(19-4)13(21-6)12(10)20-5/h7-9H,1-6H3,(H,17,18). The minimum Gasteiger partial charge on any atom is -0.493 e. The van der Waals surface area contributed by atoms with Crippen LogP contribution in [0, 0.1) is 0 Å². The fourth-order valence-corrected chi connectivity index (χ4v) is 1.68. The molecule has 0 saturated heterocycles. The van der Waals surface area contributed by atoms with Crippen LogP contribution in [0.4, 0.5) is 4.79 Å². The zero-order valence-electron chi connectivity index (χ0n) is 13.7. The molecule has 0 heterocycles. The first-order chi connectivity index (χ1) is 10.3. The van der Waals surface area contributed by atoms with Crippen LogP contribution in [-0.2, 0) is 4.74 Å². The van der Waals surface area contributed by atoms with Crippen LogP contribution in [-0.4, -0.2) is 39.2 Å². The predicted molar refractivity (Wildman–Crippen MR) is 83.1 cm³/mol. The molecule has 0 atom stereocenters. The van der Waals surface area contributed by atoms with Gasteiger partial charge in [-0.15, -0.1) is 0 Å². The monoisotopic (exact) mass is 310 g/mol. The molecule has 0 aromatic heterocycles. The number of rotatable bonds is 5. The van der Waals surface area contributed by atoms with Gasteiger partial charge < -0.3 is 18.9 Å². The lowest BCUT2D eigenvalue weighted by Crippen LogP contribution is -2.29. The molecule has 1 amide bonds. The van der Waals surface area contributed by atoms with E-state index >= 15 is 0 Å². The van der Waals surface area contributed by atoms with Gasteiger partial charge in [0.05, 0.1) is 27.5 Å². The number of hydrogen-bond acceptors (Lipinski definition) is 6. The first kappa shape index (κ1) is 17.6. The Balaban J connectivity index is 2.89. The van der Waals surface area contributed by atoms with E-state index in [0.29, 0.717) is 22.8 Å². The lowest BCUT2D eigenvalue weighted by atomic mass is 10.2. The second-order valence-electron chi connectivity index (χ2n) is 5.30. The van der Waals surface area contributed by atoms with Crippen molar-refractivity contribution in [1.29, 1.82) is 0 Å². The zero-order valence-corrected chi connectivity index (χ0v) is 13.7. The predicted octanol–water partition coefficient (Wildman–Crippen LogP) is 2.57. The first-order valence-corrected chi connectivity index (χ1v) is 6.63. The molecule has 0 aliphatic carbocycles. The second-order valence-corrected chi connectivity index (χ2v) is 5.30. The minimum absolute atomic E-state index is 0.450. The smallest absolute Gasteiger partial charge is 0.428 e. The van der Waals surface area contributed by atoms with E-state index in [2.05, 4.69) is 10.5 Å². The summed E-state index contributed by atoms with van der Waals surface area (Å²) < 4.78 is 20.8. The molecular formula is C15H22N2O5. The molecule has 1 aromatic carbocycles. The van der Waals surface area contributed by atoms with Crippen molar-refractivity contribution in [3.8, 4) is 17.2 Å². The van der Waals surface area contributed by atoms with Crippen LogP contribution in [0.15, 0.2) is 17.2 Å². The molecule has 0 radical (unpaired) electrons. The number of nitrogens with zero attached hydrogens (tertiary/aromatic N) is 1. The van der Waals surface area contributed by atoms with Crippen molar-refractivity contribution in [2.75, 3.05) is 21.3 Å². The Bertz CT molecular complexity index is 550. The summed E-state index contributed by atoms with van der Waals surface area (Å²) in [4.78, 5) is 11.5. The van der Waals surface area contributed by atoms with E-state index in [-0.39, 0.29) is 0 Å². The normalized spacial score (nSPS) is 11.2. The van der Waals surface area contributed by atoms with Gasteiger partial charge in [0, 0.05) is 5.56 Å². The highest BCUT2D eigenvalue weighted by molar-refractivity contribution is 5.86. The van der Waals surface area contributed by atoms with Gasteiger partial charge in [0.25, 0.3) is 0 Å². The topological polar surface area (TPSA) is 78.4 Å². The van der Waals surface area contributed by atoms with Crippen LogP contribution in [0.2, 0.25) is 0 Å². The van der Waals surface area contributed by atoms with E-state index in [1.807, 2.05) is 0 Å². The molecule has 122 valence electrons. The molecule has 0 spiro atoms. The van der Waals surface area contributed by atoms with E-state index in [1.165, 1.54) is 27.5 Å². The van der Waals surface area contributed by atoms with Crippen LogP contribution >= 0.6 is 0 Å². The van der Waals surface area contributed by atoms with Crippen molar-refractivity contribution in [1.82, 2.24) is 5.43 Å². The summed E-state index contributed by atoms with van der Waals surface area (Å²) in [6.45, 7) is 5.31. The number of methoxy groups -OCH3 is 3. The third-order valence-electron chi connectivity index (χ3n) is 2.49. The lowest BCUT2D eigenvalue weighted by Gasteiger charge is -2.18. The van der Waals surface area contributed by atoms with E-state index in [4.69, 9.17) is 18.9 Å². The molecule has 1 rings (SSSR count). The van der Waals surface area contributed by atoms with Crippen molar-refractivity contribution < 1.29 is 23.7 Å². The Labute approximate surface area is 130 Å². The molecule has 22 heavy (non-hydrogen) atoms. The molecular weight excluding hydrogens is 288 g/mol. The third kappa shape index (κ3) is 4.83. The maximum atomic E-state index is 11.5. The minimum atomic E-state index is -0.636. The summed E-state index contributed by atoms with van der Waals surface area (Å²) in [5, 5.41) is 3.84. The number of nitrogens with one attached hydrogen (secondary N) is 1. The second kappa shape index (κ2) is 7.53. The number of benzene rings is 1. The molecule has 7 nitrogen and oxygen atoms in total. The third-order valence-corrected chi connectivity index (χ3v) is 2.49. The molecule has 0 aliphatic rings. The van der Waals surface area contributed by atoms with Crippen LogP contribution in [0.1, 0.15) is 26.3 Å². The number of amides is 1. The number of carbonyl (C=O) groups is 1. The zero-order chi connectivity index (χ0) is 16.8. The summed E-state index contributed by atoms with van der Waals surface area (Å²) in [5.41, 5.74) is 2.32. The summed E-state index contributed by atoms with van der Waals surface area (Å²) in [6.07, 6.45) is 0.799. The summed E-state index contributed by atoms with van der Waals surface area (Å²) in [6, 6.07) is 3.46. The molecule has 7 heteroatoms. The number of hydrogen-bond donors (Lipinski definition) is 1. The average molecular weight is 310 g/mol. The molecule has 0 fully saturated rings. The van der Waals surface area contributed by atoms with Crippen molar-refractivity contribution in [3.63, 3.8) is 0 Å². The van der Waals surface area contributed by atoms with Gasteiger partial charge in [-0.2, -0.15) is 5.10 Å². The van der Waals surface area contributed by atoms with Crippen molar-refractivity contribution in [2.45, 2.75) is 26.4 Å². The quantitative estimate of drug-likeness (QED) is 0.668. The van der Waals surface area contributed by atoms with Gasteiger partial charge in [-0.3, -0.25) is 0 Å². The molecule has 1 aromatic rings. The van der Waals surface area contributed by atoms with Crippen molar-refractivity contribution in [3.05, 3.63) is 17.7 Å². The largest absolute Gasteiger partial charge is 0.493 e. The van der Waals surface area contributed by atoms with Crippen molar-refractivity contribution >= 4 is 12.3 Å². The first-order valence-electron chi connectivity index (χ1n) is 6.63. The maximum absolute atomic E-state index is 11.5. The average Bonchev–Trinajstić information content (AvgIpc) is 2.44. The summed E-state index contributed by atoms with van der Waals surface area (Å²) in [7, 11) is 4.56. The van der Waals surface area contributed by atoms with Gasteiger partial charge in [-0.1, -0.05) is 0 Å². The maximum Gasteiger partial charge on any atom is 0.428 e. The van der Waals surface area contributed by atoms with E-state index in [0.717, 1.165) is 0 Å². The number of ether oxygens (including phenoxy) is 4. The van der Waals surface area contributed by atoms with Gasteiger partial charge in [-0.05, 0) is 32.9 Å². The SMILES string of the molecule is COc1ccc(C=NNC(=O)OC(C)(C)C)c(OC)c1OC. The van der Waals surface area contributed by atoms with E-state index in [9.17, 15) is 4.79 Å². The Morgan fingerprint density at radius 3 is 2.23 bits per heavy atom. The summed E-state index contributed by atoms with van der Waals surface area (Å²) in [5.74, 6) is 1.44. The molecule has 1 N–H and O–H groups in total. The van der Waals surface area contributed by atoms with Crippen LogP contribution in [0.5, 0.6) is 17.2 Å². The van der Waals surface area contributed by atoms with Crippen LogP contribution < -0.4 is 19.6 Å². The lowest BCUT2D eigenvalue weighted by molar-refractivity contribution is 0.0529. The Hall–Kier alpha value is -2.44. The van der Waals surface area contributed by atoms with Crippen LogP contribution in [0.3, 0.4) is 0 Å². The van der Waals surface area contributed by atoms with Gasteiger partial charge in [0.2, 0.25) is 5.75 Å². The van der Waals surface area contributed by atoms with E-state index < -0.39 is 11.7 Å². The van der Waals surface area contributed by atoms with E-state index in [1.54, 1.807) is 32.9 Å². The number of carbonyl (C=O) groups excluding carboxylic acids is 1. The Kier molecular flexibility index (Phi) is 6.03. The molecule has 0 unspecified atom stereocenters. The highest BCUT2D eigenvalue weighted by Gasteiger charge is 2.16. The molecule has 0 aliphatic heterocycles. The van der Waals surface area contributed by atoms with Crippen LogP contribution in [0.25, 0.3) is 0 Å². The van der Waals surface area contributed by atoms with Gasteiger partial charge in [-0.25, -0.2) is 10.2 Å². The van der Waals surface area contributed by atoms with Gasteiger partial charge >= 0.3 is 6.09 Å². The Morgan fingerprint density at radius 1 is 1.09 bits per heavy atom. The fourth-order valence-electron chi connectivity index (χ4n) is 1.68. The van der Waals surface area contributed by atoms with Gasteiger partial charge in [0.1, 0.15) is 5.60 Å². The number of hydrazone groups is 1. The Morgan fingerprint density at radius 2 is 1.73 bits per heavy atom. The highest BCUT2D eigenvalue weighted by atomic mass is 16.6. The van der Waals surface area contributed by atoms with Crippen molar-refractivity contribution in [2.24, 2.45) is 5.10 Å². The fraction of sp³-hybridized carbons (Fsp3) is 0.467.